The average Bonchev–Trinajstić information content (AvgIpc) is 2.72. The van der Waals surface area contributed by atoms with Gasteiger partial charge in [0.1, 0.15) is 5.53 Å². The van der Waals surface area contributed by atoms with E-state index in [1.165, 1.54) is 12.1 Å². The first-order valence-electron chi connectivity index (χ1n) is 8.44. The average molecular weight is 367 g/mol. The van der Waals surface area contributed by atoms with E-state index in [2.05, 4.69) is 10.0 Å². The van der Waals surface area contributed by atoms with Gasteiger partial charge in [-0.2, -0.15) is 0 Å². The minimum absolute atomic E-state index is 0.0220. The van der Waals surface area contributed by atoms with Gasteiger partial charge in [0.05, 0.1) is 27.0 Å². The van der Waals surface area contributed by atoms with Crippen LogP contribution in [0.5, 0.6) is 0 Å². The number of hydrogen-bond acceptors (Lipinski definition) is 6. The first kappa shape index (κ1) is 15.9. The number of nitrogens with one attached hydrogen (secondary N) is 1. The lowest BCUT2D eigenvalue weighted by molar-refractivity contribution is -0.384. The monoisotopic (exact) mass is 367 g/mol. The van der Waals surface area contributed by atoms with Crippen LogP contribution in [0.4, 0.5) is 11.4 Å². The molecule has 1 aromatic heterocycles. The first-order valence-corrected chi connectivity index (χ1v) is 8.44. The van der Waals surface area contributed by atoms with Crippen LogP contribution in [0.2, 0.25) is 0 Å². The van der Waals surface area contributed by atoms with Gasteiger partial charge >= 0.3 is 5.69 Å². The maximum atomic E-state index is 11.4. The van der Waals surface area contributed by atoms with Gasteiger partial charge in [0.15, 0.2) is 5.11 Å². The van der Waals surface area contributed by atoms with Gasteiger partial charge in [-0.25, -0.2) is 9.97 Å². The molecule has 0 bridgehead atoms. The molecule has 4 aromatic carbocycles. The molecule has 0 spiro atoms. The predicted octanol–water partition coefficient (Wildman–Crippen LogP) is 5.18. The molecule has 0 radical (unpaired) electrons. The normalized spacial score (nSPS) is 11.1. The van der Waals surface area contributed by atoms with Gasteiger partial charge in [0.2, 0.25) is 10.6 Å². The van der Waals surface area contributed by atoms with Gasteiger partial charge in [-0.3, -0.25) is 10.1 Å². The highest BCUT2D eigenvalue weighted by molar-refractivity contribution is 6.23. The van der Waals surface area contributed by atoms with Gasteiger partial charge in [-0.15, -0.1) is 0 Å². The van der Waals surface area contributed by atoms with Crippen LogP contribution in [0.1, 0.15) is 0 Å². The van der Waals surface area contributed by atoms with E-state index in [0.717, 1.165) is 21.5 Å². The Balaban J connectivity index is 2.02. The zero-order chi connectivity index (χ0) is 19.3. The maximum Gasteiger partial charge on any atom is 0.304 e. The summed E-state index contributed by atoms with van der Waals surface area (Å²) in [5.74, 6) is 0. The van der Waals surface area contributed by atoms with E-state index >= 15 is 0 Å². The fourth-order valence-corrected chi connectivity index (χ4v) is 3.59. The highest BCUT2D eigenvalue weighted by Gasteiger charge is 2.21. The van der Waals surface area contributed by atoms with Crippen molar-refractivity contribution >= 4 is 55.0 Å². The summed E-state index contributed by atoms with van der Waals surface area (Å²) in [6.45, 7) is 0. The van der Waals surface area contributed by atoms with E-state index in [4.69, 9.17) is 15.5 Å². The molecule has 8 nitrogen and oxygen atoms in total. The van der Waals surface area contributed by atoms with Crippen LogP contribution < -0.4 is 4.91 Å². The molecule has 1 heterocycles. The Labute approximate surface area is 156 Å². The van der Waals surface area contributed by atoms with Crippen LogP contribution in [0.3, 0.4) is 0 Å². The second-order valence-electron chi connectivity index (χ2n) is 6.30. The van der Waals surface area contributed by atoms with E-state index in [0.29, 0.717) is 22.1 Å². The lowest BCUT2D eigenvalue weighted by Crippen LogP contribution is -1.94. The van der Waals surface area contributed by atoms with Crippen molar-refractivity contribution in [2.24, 2.45) is 5.11 Å². The third kappa shape index (κ3) is 2.22. The number of aromatic nitrogens is 2. The van der Waals surface area contributed by atoms with E-state index < -0.39 is 4.92 Å². The van der Waals surface area contributed by atoms with Gasteiger partial charge < -0.3 is 0 Å². The summed E-state index contributed by atoms with van der Waals surface area (Å²) in [4.78, 5) is 23.2. The highest BCUT2D eigenvalue weighted by atomic mass is 16.6. The van der Waals surface area contributed by atoms with Crippen molar-refractivity contribution in [2.75, 3.05) is 0 Å². The van der Waals surface area contributed by atoms with E-state index in [1.54, 1.807) is 0 Å². The zero-order valence-corrected chi connectivity index (χ0v) is 14.3. The fourth-order valence-electron chi connectivity index (χ4n) is 3.59. The number of nitro benzene ring substituents is 1. The Kier molecular flexibility index (Phi) is 3.34. The third-order valence-corrected chi connectivity index (χ3v) is 4.77. The summed E-state index contributed by atoms with van der Waals surface area (Å²) in [5, 5.41) is 18.9. The van der Waals surface area contributed by atoms with Crippen molar-refractivity contribution in [3.63, 3.8) is 0 Å². The standard InChI is InChI=1S/C20H11N6O2/c21-25-24-17-9-15-16(10-18(17)26(27)28)23-20-14-8-4-2-6-12(14)11-5-1-3-7-13(11)19(20)22-15/h1-10,21H/q+1. The molecule has 28 heavy (non-hydrogen) atoms. The Morgan fingerprint density at radius 2 is 1.36 bits per heavy atom. The number of fused-ring (bicyclic) bond motifs is 7. The molecular formula is C20H11N6O2+. The lowest BCUT2D eigenvalue weighted by Gasteiger charge is -2.10. The van der Waals surface area contributed by atoms with Crippen molar-refractivity contribution in [2.45, 2.75) is 0 Å². The molecule has 132 valence electrons. The zero-order valence-electron chi connectivity index (χ0n) is 14.3. The summed E-state index contributed by atoms with van der Waals surface area (Å²) >= 11 is 0. The molecule has 5 aromatic rings. The maximum absolute atomic E-state index is 11.4. The van der Waals surface area contributed by atoms with Crippen molar-refractivity contribution in [1.29, 1.82) is 5.53 Å². The molecule has 0 saturated heterocycles. The summed E-state index contributed by atoms with van der Waals surface area (Å²) in [5.41, 5.74) is 8.88. The molecule has 0 atom stereocenters. The number of benzene rings is 4. The third-order valence-electron chi connectivity index (χ3n) is 4.77. The lowest BCUT2D eigenvalue weighted by atomic mass is 9.99. The molecule has 0 aliphatic heterocycles. The van der Waals surface area contributed by atoms with Gasteiger partial charge in [0.25, 0.3) is 0 Å². The summed E-state index contributed by atoms with van der Waals surface area (Å²) in [6, 6.07) is 18.6. The minimum Gasteiger partial charge on any atom is -0.258 e. The first-order chi connectivity index (χ1) is 13.7. The minimum atomic E-state index is -0.562. The smallest absolute Gasteiger partial charge is 0.258 e. The number of rotatable bonds is 2. The largest absolute Gasteiger partial charge is 0.304 e. The predicted molar refractivity (Wildman–Crippen MR) is 106 cm³/mol. The summed E-state index contributed by atoms with van der Waals surface area (Å²) in [7, 11) is 0. The van der Waals surface area contributed by atoms with Crippen molar-refractivity contribution in [3.05, 3.63) is 70.8 Å². The molecule has 0 amide bonds. The molecule has 8 heteroatoms. The molecule has 0 aliphatic carbocycles. The second-order valence-corrected chi connectivity index (χ2v) is 6.30. The van der Waals surface area contributed by atoms with Crippen molar-refractivity contribution < 1.29 is 4.92 Å². The Morgan fingerprint density at radius 1 is 0.857 bits per heavy atom. The molecule has 0 fully saturated rings. The summed E-state index contributed by atoms with van der Waals surface area (Å²) < 4.78 is 0. The van der Waals surface area contributed by atoms with Crippen LogP contribution >= 0.6 is 0 Å². The fraction of sp³-hybridized carbons (Fsp3) is 0. The number of nitro groups is 1. The van der Waals surface area contributed by atoms with Gasteiger partial charge in [0, 0.05) is 22.9 Å². The van der Waals surface area contributed by atoms with Gasteiger partial charge in [-0.1, -0.05) is 48.5 Å². The number of nitrogens with zero attached hydrogens (tertiary/aromatic N) is 5. The Bertz CT molecular complexity index is 1410. The molecule has 0 saturated carbocycles. The Morgan fingerprint density at radius 3 is 1.86 bits per heavy atom. The SMILES string of the molecule is N=[N+]=Nc1cc2nc3c4ccccc4c4ccccc4c3nc2cc1[N+](=O)[O-]. The van der Waals surface area contributed by atoms with Crippen LogP contribution in [0, 0.1) is 15.6 Å². The van der Waals surface area contributed by atoms with Gasteiger partial charge in [-0.05, 0) is 10.8 Å². The van der Waals surface area contributed by atoms with E-state index in [-0.39, 0.29) is 11.4 Å². The second kappa shape index (κ2) is 5.87. The molecule has 5 rings (SSSR count). The van der Waals surface area contributed by atoms with Crippen LogP contribution in [-0.4, -0.2) is 14.9 Å². The van der Waals surface area contributed by atoms with Crippen molar-refractivity contribution in [3.8, 4) is 0 Å². The van der Waals surface area contributed by atoms with Crippen LogP contribution in [0.15, 0.2) is 65.8 Å². The quantitative estimate of drug-likeness (QED) is 0.115. The van der Waals surface area contributed by atoms with Crippen LogP contribution in [0.25, 0.3) is 43.6 Å². The molecule has 0 unspecified atom stereocenters. The summed E-state index contributed by atoms with van der Waals surface area (Å²) in [6.07, 6.45) is 0. The molecule has 1 N–H and O–H groups in total. The molecule has 0 aliphatic rings. The van der Waals surface area contributed by atoms with E-state index in [1.807, 2.05) is 48.5 Å². The van der Waals surface area contributed by atoms with Crippen molar-refractivity contribution in [1.82, 2.24) is 14.9 Å². The van der Waals surface area contributed by atoms with E-state index in [9.17, 15) is 10.1 Å². The topological polar surface area (TPSA) is 119 Å². The Hall–Kier alpha value is -4.29. The highest BCUT2D eigenvalue weighted by Crippen LogP contribution is 2.36. The number of hydrogen-bond donors (Lipinski definition) is 1. The van der Waals surface area contributed by atoms with Crippen LogP contribution in [-0.2, 0) is 0 Å². The molecular weight excluding hydrogens is 356 g/mol.